The topological polar surface area (TPSA) is 90.5 Å². The second kappa shape index (κ2) is 8.39. The molecule has 8 heteroatoms. The molecule has 2 amide bonds. The summed E-state index contributed by atoms with van der Waals surface area (Å²) in [4.78, 5) is 38.4. The molecule has 1 aromatic carbocycles. The normalized spacial score (nSPS) is 15.6. The van der Waals surface area contributed by atoms with E-state index in [1.807, 2.05) is 37.3 Å². The minimum Gasteiger partial charge on any atom is -0.369 e. The van der Waals surface area contributed by atoms with Gasteiger partial charge in [-0.25, -0.2) is 9.97 Å². The lowest BCUT2D eigenvalue weighted by Gasteiger charge is -2.29. The van der Waals surface area contributed by atoms with Gasteiger partial charge in [-0.05, 0) is 42.3 Å². The molecular formula is C24H24N6O2. The Kier molecular flexibility index (Phi) is 5.28. The first kappa shape index (κ1) is 20.1. The van der Waals surface area contributed by atoms with Gasteiger partial charge in [-0.1, -0.05) is 18.2 Å². The van der Waals surface area contributed by atoms with Gasteiger partial charge in [-0.2, -0.15) is 0 Å². The summed E-state index contributed by atoms with van der Waals surface area (Å²) in [6.45, 7) is 6.12. The summed E-state index contributed by atoms with van der Waals surface area (Å²) in [6, 6.07) is 14.7. The van der Waals surface area contributed by atoms with Crippen LogP contribution in [0.4, 0.5) is 17.3 Å². The fourth-order valence-electron chi connectivity index (χ4n) is 4.16. The number of carbonyl (C=O) groups excluding carboxylic acids is 2. The fraction of sp³-hybridized carbons (Fsp3) is 0.250. The van der Waals surface area contributed by atoms with E-state index in [9.17, 15) is 9.59 Å². The van der Waals surface area contributed by atoms with E-state index in [0.717, 1.165) is 43.0 Å². The van der Waals surface area contributed by atoms with E-state index in [1.54, 1.807) is 29.3 Å². The third-order valence-corrected chi connectivity index (χ3v) is 5.91. The molecule has 3 aromatic rings. The first-order valence-corrected chi connectivity index (χ1v) is 10.7. The number of rotatable bonds is 4. The second-order valence-electron chi connectivity index (χ2n) is 7.96. The number of fused-ring (bicyclic) bond motifs is 1. The van der Waals surface area contributed by atoms with Crippen LogP contribution in [0, 0.1) is 6.92 Å². The number of benzene rings is 1. The first-order valence-electron chi connectivity index (χ1n) is 10.7. The van der Waals surface area contributed by atoms with Crippen molar-refractivity contribution in [3.63, 3.8) is 0 Å². The average Bonchev–Trinajstić information content (AvgIpc) is 3.18. The van der Waals surface area contributed by atoms with Crippen molar-refractivity contribution in [2.75, 3.05) is 41.3 Å². The number of carbonyl (C=O) groups is 2. The zero-order valence-corrected chi connectivity index (χ0v) is 17.8. The molecule has 2 aliphatic heterocycles. The Morgan fingerprint density at radius 2 is 1.91 bits per heavy atom. The van der Waals surface area contributed by atoms with Crippen LogP contribution in [0.5, 0.6) is 0 Å². The zero-order chi connectivity index (χ0) is 22.1. The summed E-state index contributed by atoms with van der Waals surface area (Å²) in [6.07, 6.45) is 1.69. The highest BCUT2D eigenvalue weighted by molar-refractivity contribution is 6.10. The van der Waals surface area contributed by atoms with Crippen LogP contribution in [0.15, 0.2) is 54.7 Å². The Balaban J connectivity index is 1.34. The number of hydrogen-bond donors (Lipinski definition) is 2. The van der Waals surface area contributed by atoms with Crippen molar-refractivity contribution in [3.05, 3.63) is 77.1 Å². The van der Waals surface area contributed by atoms with Crippen LogP contribution >= 0.6 is 0 Å². The number of nitrogens with one attached hydrogen (secondary N) is 2. The van der Waals surface area contributed by atoms with Gasteiger partial charge in [0.25, 0.3) is 11.8 Å². The minimum atomic E-state index is -0.364. The average molecular weight is 428 g/mol. The largest absolute Gasteiger partial charge is 0.369 e. The van der Waals surface area contributed by atoms with Crippen LogP contribution in [0.1, 0.15) is 32.0 Å². The molecule has 0 bridgehead atoms. The summed E-state index contributed by atoms with van der Waals surface area (Å²) in [5, 5.41) is 6.16. The van der Waals surface area contributed by atoms with Crippen LogP contribution in [-0.4, -0.2) is 48.0 Å². The molecule has 8 nitrogen and oxygen atoms in total. The van der Waals surface area contributed by atoms with Crippen LogP contribution in [0.3, 0.4) is 0 Å². The standard InChI is InChI=1S/C24H24N6O2/c1-16-4-2-5-18-19(16)15-30(24(18)32)22-7-3-6-20(27-22)23(31)28-21-14-17(8-9-26-21)29-12-10-25-11-13-29/h2-9,14,25H,10-13,15H2,1H3,(H,26,28,31). The number of amides is 2. The van der Waals surface area contributed by atoms with Crippen LogP contribution < -0.4 is 20.4 Å². The molecule has 0 radical (unpaired) electrons. The predicted octanol–water partition coefficient (Wildman–Crippen LogP) is 2.61. The van der Waals surface area contributed by atoms with Crippen molar-refractivity contribution < 1.29 is 9.59 Å². The van der Waals surface area contributed by atoms with E-state index in [1.165, 1.54) is 0 Å². The SMILES string of the molecule is Cc1cccc2c1CN(c1cccc(C(=O)Nc3cc(N4CCNCC4)ccn3)n1)C2=O. The maximum atomic E-state index is 12.9. The molecule has 0 saturated carbocycles. The number of aromatic nitrogens is 2. The van der Waals surface area contributed by atoms with Gasteiger partial charge in [0, 0.05) is 49.7 Å². The molecule has 32 heavy (non-hydrogen) atoms. The van der Waals surface area contributed by atoms with E-state index >= 15 is 0 Å². The van der Waals surface area contributed by atoms with Crippen molar-refractivity contribution in [1.29, 1.82) is 0 Å². The minimum absolute atomic E-state index is 0.0980. The van der Waals surface area contributed by atoms with Crippen molar-refractivity contribution >= 4 is 29.1 Å². The van der Waals surface area contributed by atoms with E-state index in [-0.39, 0.29) is 17.5 Å². The highest BCUT2D eigenvalue weighted by Gasteiger charge is 2.30. The number of anilines is 3. The smallest absolute Gasteiger partial charge is 0.275 e. The van der Waals surface area contributed by atoms with E-state index in [4.69, 9.17) is 0 Å². The van der Waals surface area contributed by atoms with E-state index in [2.05, 4.69) is 25.5 Å². The maximum absolute atomic E-state index is 12.9. The summed E-state index contributed by atoms with van der Waals surface area (Å²) < 4.78 is 0. The van der Waals surface area contributed by atoms with Crippen molar-refractivity contribution in [2.24, 2.45) is 0 Å². The molecule has 1 fully saturated rings. The second-order valence-corrected chi connectivity index (χ2v) is 7.96. The van der Waals surface area contributed by atoms with E-state index in [0.29, 0.717) is 23.7 Å². The Hall–Kier alpha value is -3.78. The highest BCUT2D eigenvalue weighted by atomic mass is 16.2. The highest BCUT2D eigenvalue weighted by Crippen LogP contribution is 2.29. The lowest BCUT2D eigenvalue weighted by molar-refractivity contribution is 0.0990. The molecule has 5 rings (SSSR count). The molecule has 4 heterocycles. The maximum Gasteiger partial charge on any atom is 0.275 e. The molecule has 0 unspecified atom stereocenters. The lowest BCUT2D eigenvalue weighted by atomic mass is 10.1. The number of aryl methyl sites for hydroxylation is 1. The zero-order valence-electron chi connectivity index (χ0n) is 17.8. The molecule has 0 spiro atoms. The van der Waals surface area contributed by atoms with Gasteiger partial charge in [0.2, 0.25) is 0 Å². The fourth-order valence-corrected chi connectivity index (χ4v) is 4.16. The number of nitrogens with zero attached hydrogens (tertiary/aromatic N) is 4. The lowest BCUT2D eigenvalue weighted by Crippen LogP contribution is -2.43. The third kappa shape index (κ3) is 3.80. The predicted molar refractivity (Wildman–Crippen MR) is 123 cm³/mol. The first-order chi connectivity index (χ1) is 15.6. The molecule has 2 N–H and O–H groups in total. The van der Waals surface area contributed by atoms with Crippen LogP contribution in [0.25, 0.3) is 0 Å². The molecule has 2 aliphatic rings. The monoisotopic (exact) mass is 428 g/mol. The summed E-state index contributed by atoms with van der Waals surface area (Å²) in [7, 11) is 0. The number of hydrogen-bond acceptors (Lipinski definition) is 6. The van der Waals surface area contributed by atoms with Gasteiger partial charge in [-0.3, -0.25) is 14.5 Å². The van der Waals surface area contributed by atoms with Gasteiger partial charge >= 0.3 is 0 Å². The molecule has 2 aromatic heterocycles. The van der Waals surface area contributed by atoms with Crippen molar-refractivity contribution in [2.45, 2.75) is 13.5 Å². The molecule has 0 aliphatic carbocycles. The molecular weight excluding hydrogens is 404 g/mol. The Bertz CT molecular complexity index is 1190. The summed E-state index contributed by atoms with van der Waals surface area (Å²) in [5.74, 6) is 0.468. The molecule has 1 saturated heterocycles. The van der Waals surface area contributed by atoms with Gasteiger partial charge in [0.1, 0.15) is 17.3 Å². The van der Waals surface area contributed by atoms with Crippen LogP contribution in [0.2, 0.25) is 0 Å². The number of piperazine rings is 1. The Morgan fingerprint density at radius 1 is 1.09 bits per heavy atom. The van der Waals surface area contributed by atoms with Gasteiger partial charge in [-0.15, -0.1) is 0 Å². The molecule has 0 atom stereocenters. The van der Waals surface area contributed by atoms with Crippen molar-refractivity contribution in [3.8, 4) is 0 Å². The number of pyridine rings is 2. The van der Waals surface area contributed by atoms with Gasteiger partial charge in [0.05, 0.1) is 6.54 Å². The van der Waals surface area contributed by atoms with Gasteiger partial charge in [0.15, 0.2) is 0 Å². The quantitative estimate of drug-likeness (QED) is 0.664. The van der Waals surface area contributed by atoms with E-state index < -0.39 is 0 Å². The van der Waals surface area contributed by atoms with Crippen LogP contribution in [-0.2, 0) is 6.54 Å². The van der Waals surface area contributed by atoms with Crippen molar-refractivity contribution in [1.82, 2.24) is 15.3 Å². The van der Waals surface area contributed by atoms with Gasteiger partial charge < -0.3 is 15.5 Å². The Morgan fingerprint density at radius 3 is 2.72 bits per heavy atom. The third-order valence-electron chi connectivity index (χ3n) is 5.91. The Labute approximate surface area is 186 Å². The summed E-state index contributed by atoms with van der Waals surface area (Å²) >= 11 is 0. The molecule has 162 valence electrons. The summed E-state index contributed by atoms with van der Waals surface area (Å²) in [5.41, 5.74) is 4.02.